The zero-order chi connectivity index (χ0) is 17.4. The van der Waals surface area contributed by atoms with E-state index in [1.807, 2.05) is 26.8 Å². The number of allylic oxidation sites excluding steroid dienone is 1. The van der Waals surface area contributed by atoms with Crippen molar-refractivity contribution in [2.75, 3.05) is 5.32 Å². The van der Waals surface area contributed by atoms with Gasteiger partial charge in [0, 0.05) is 0 Å². The van der Waals surface area contributed by atoms with Crippen LogP contribution in [0.2, 0.25) is 5.02 Å². The summed E-state index contributed by atoms with van der Waals surface area (Å²) in [5, 5.41) is 7.47. The predicted molar refractivity (Wildman–Crippen MR) is 92.2 cm³/mol. The highest BCUT2D eigenvalue weighted by molar-refractivity contribution is 6.33. The van der Waals surface area contributed by atoms with Crippen molar-refractivity contribution in [3.8, 4) is 0 Å². The molecule has 0 radical (unpaired) electrons. The molecule has 1 fully saturated rings. The average Bonchev–Trinajstić information content (AvgIpc) is 2.93. The average molecular weight is 348 g/mol. The molecule has 2 aliphatic heterocycles. The van der Waals surface area contributed by atoms with Crippen molar-refractivity contribution in [3.05, 3.63) is 40.2 Å². The second kappa shape index (κ2) is 6.16. The number of fused-ring (bicyclic) bond motifs is 1. The maximum Gasteiger partial charge on any atom is 0.249 e. The van der Waals surface area contributed by atoms with Gasteiger partial charge >= 0.3 is 0 Å². The van der Waals surface area contributed by atoms with E-state index in [1.165, 1.54) is 0 Å². The van der Waals surface area contributed by atoms with E-state index in [4.69, 9.17) is 11.6 Å². The molecule has 0 aliphatic carbocycles. The number of hydrazine groups is 1. The fraction of sp³-hybridized carbons (Fsp3) is 0.312. The molecule has 2 heterocycles. The molecule has 0 unspecified atom stereocenters. The highest BCUT2D eigenvalue weighted by atomic mass is 35.5. The summed E-state index contributed by atoms with van der Waals surface area (Å²) in [5.74, 6) is 0.374. The van der Waals surface area contributed by atoms with E-state index in [0.29, 0.717) is 22.5 Å². The van der Waals surface area contributed by atoms with Gasteiger partial charge in [0.2, 0.25) is 17.8 Å². The first kappa shape index (κ1) is 16.3. The normalized spacial score (nSPS) is 19.2. The molecule has 3 N–H and O–H groups in total. The van der Waals surface area contributed by atoms with Crippen LogP contribution in [-0.2, 0) is 9.59 Å². The van der Waals surface area contributed by atoms with Crippen molar-refractivity contribution in [3.63, 3.8) is 0 Å². The fourth-order valence-corrected chi connectivity index (χ4v) is 2.76. The van der Waals surface area contributed by atoms with Crippen LogP contribution in [0.15, 0.2) is 34.6 Å². The molecule has 1 saturated heterocycles. The molecule has 1 aromatic carbocycles. The van der Waals surface area contributed by atoms with Gasteiger partial charge in [0.25, 0.3) is 0 Å². The Morgan fingerprint density at radius 1 is 1.42 bits per heavy atom. The van der Waals surface area contributed by atoms with Crippen molar-refractivity contribution in [2.45, 2.75) is 33.2 Å². The molecular formula is C16H18ClN5O2. The van der Waals surface area contributed by atoms with Gasteiger partial charge in [0.1, 0.15) is 11.9 Å². The third kappa shape index (κ3) is 3.07. The molecule has 1 aromatic rings. The zero-order valence-electron chi connectivity index (χ0n) is 13.6. The van der Waals surface area contributed by atoms with Crippen molar-refractivity contribution < 1.29 is 9.59 Å². The Morgan fingerprint density at radius 3 is 2.83 bits per heavy atom. The molecule has 2 aliphatic rings. The summed E-state index contributed by atoms with van der Waals surface area (Å²) in [7, 11) is 0. The van der Waals surface area contributed by atoms with E-state index in [1.54, 1.807) is 17.1 Å². The Balaban J connectivity index is 1.83. The highest BCUT2D eigenvalue weighted by Crippen LogP contribution is 2.24. The van der Waals surface area contributed by atoms with E-state index >= 15 is 0 Å². The van der Waals surface area contributed by atoms with Crippen LogP contribution >= 0.6 is 11.6 Å². The summed E-state index contributed by atoms with van der Waals surface area (Å²) >= 11 is 6.16. The minimum Gasteiger partial charge on any atom is -0.323 e. The van der Waals surface area contributed by atoms with Crippen LogP contribution in [0.25, 0.3) is 0 Å². The number of anilines is 1. The summed E-state index contributed by atoms with van der Waals surface area (Å²) in [4.78, 5) is 28.9. The number of amides is 2. The fourth-order valence-electron chi connectivity index (χ4n) is 2.48. The lowest BCUT2D eigenvalue weighted by Gasteiger charge is -2.32. The van der Waals surface area contributed by atoms with E-state index in [9.17, 15) is 9.59 Å². The number of benzene rings is 1. The molecule has 0 spiro atoms. The molecule has 8 heteroatoms. The van der Waals surface area contributed by atoms with Crippen molar-refractivity contribution in [1.29, 1.82) is 0 Å². The minimum atomic E-state index is -0.716. The molecule has 2 amide bonds. The number of hydrogen-bond acceptors (Lipinski definition) is 5. The first-order valence-electron chi connectivity index (χ1n) is 7.54. The number of hydrogen-bond donors (Lipinski definition) is 3. The number of carbonyl (C=O) groups excluding carboxylic acids is 2. The van der Waals surface area contributed by atoms with Gasteiger partial charge in [-0.3, -0.25) is 20.3 Å². The Labute approximate surface area is 144 Å². The summed E-state index contributed by atoms with van der Waals surface area (Å²) in [5.41, 5.74) is 5.52. The molecule has 3 rings (SSSR count). The molecule has 0 saturated carbocycles. The van der Waals surface area contributed by atoms with Crippen molar-refractivity contribution >= 4 is 35.1 Å². The van der Waals surface area contributed by atoms with Gasteiger partial charge < -0.3 is 5.32 Å². The lowest BCUT2D eigenvalue weighted by atomic mass is 10.1. The maximum atomic E-state index is 12.7. The highest BCUT2D eigenvalue weighted by Gasteiger charge is 2.39. The molecule has 0 aromatic heterocycles. The molecular weight excluding hydrogens is 330 g/mol. The first-order chi connectivity index (χ1) is 11.3. The number of aliphatic imine (C=N–C) groups is 1. The number of rotatable bonds is 2. The SMILES string of the molecule is CC(C)=C1N=C2NC(=O)C[C@H](C(=O)Nc3ccc(C)cc3Cl)N2N1. The number of nitrogens with one attached hydrogen (secondary N) is 3. The van der Waals surface area contributed by atoms with Gasteiger partial charge in [0.15, 0.2) is 0 Å². The Morgan fingerprint density at radius 2 is 2.17 bits per heavy atom. The standard InChI is InChI=1S/C16H18ClN5O2/c1-8(2)14-20-16-19-13(23)7-12(22(16)21-14)15(24)18-11-5-4-9(3)6-10(11)17/h4-6,12,21H,7H2,1-3H3,(H,18,24)(H,19,20,23)/t12-/m1/s1. The lowest BCUT2D eigenvalue weighted by molar-refractivity contribution is -0.129. The van der Waals surface area contributed by atoms with E-state index in [2.05, 4.69) is 21.1 Å². The summed E-state index contributed by atoms with van der Waals surface area (Å²) in [6.07, 6.45) is 0.0252. The number of halogens is 1. The van der Waals surface area contributed by atoms with Gasteiger partial charge in [0.05, 0.1) is 17.1 Å². The van der Waals surface area contributed by atoms with Gasteiger partial charge in [-0.15, -0.1) is 0 Å². The van der Waals surface area contributed by atoms with Crippen molar-refractivity contribution in [1.82, 2.24) is 15.8 Å². The van der Waals surface area contributed by atoms with Crippen LogP contribution in [0.5, 0.6) is 0 Å². The first-order valence-corrected chi connectivity index (χ1v) is 7.92. The van der Waals surface area contributed by atoms with Gasteiger partial charge in [-0.05, 0) is 44.0 Å². The third-order valence-corrected chi connectivity index (χ3v) is 4.09. The van der Waals surface area contributed by atoms with Crippen LogP contribution in [-0.4, -0.2) is 28.8 Å². The van der Waals surface area contributed by atoms with Crippen molar-refractivity contribution in [2.24, 2.45) is 4.99 Å². The van der Waals surface area contributed by atoms with Crippen LogP contribution < -0.4 is 16.1 Å². The van der Waals surface area contributed by atoms with Gasteiger partial charge in [-0.2, -0.15) is 4.99 Å². The monoisotopic (exact) mass is 347 g/mol. The Bertz CT molecular complexity index is 783. The van der Waals surface area contributed by atoms with Gasteiger partial charge in [-0.25, -0.2) is 5.01 Å². The van der Waals surface area contributed by atoms with Crippen LogP contribution in [0.3, 0.4) is 0 Å². The summed E-state index contributed by atoms with van der Waals surface area (Å²) < 4.78 is 0. The van der Waals surface area contributed by atoms with Crippen LogP contribution in [0.1, 0.15) is 25.8 Å². The largest absolute Gasteiger partial charge is 0.323 e. The lowest BCUT2D eigenvalue weighted by Crippen LogP contribution is -2.61. The van der Waals surface area contributed by atoms with E-state index < -0.39 is 6.04 Å². The number of carbonyl (C=O) groups is 2. The Hall–Kier alpha value is -2.54. The quantitative estimate of drug-likeness (QED) is 0.762. The Kier molecular flexibility index (Phi) is 4.19. The third-order valence-electron chi connectivity index (χ3n) is 3.77. The number of guanidine groups is 1. The molecule has 1 atom stereocenters. The smallest absolute Gasteiger partial charge is 0.249 e. The zero-order valence-corrected chi connectivity index (χ0v) is 14.4. The van der Waals surface area contributed by atoms with Crippen LogP contribution in [0, 0.1) is 6.92 Å². The second-order valence-corrected chi connectivity index (χ2v) is 6.41. The number of nitrogens with zero attached hydrogens (tertiary/aromatic N) is 2. The predicted octanol–water partition coefficient (Wildman–Crippen LogP) is 1.90. The van der Waals surface area contributed by atoms with Gasteiger partial charge in [-0.1, -0.05) is 17.7 Å². The summed E-state index contributed by atoms with van der Waals surface area (Å²) in [6, 6.07) is 4.66. The molecule has 126 valence electrons. The molecule has 0 bridgehead atoms. The van der Waals surface area contributed by atoms with E-state index in [-0.39, 0.29) is 18.2 Å². The maximum absolute atomic E-state index is 12.7. The number of aryl methyl sites for hydroxylation is 1. The topological polar surface area (TPSA) is 85.8 Å². The second-order valence-electron chi connectivity index (χ2n) is 6.01. The van der Waals surface area contributed by atoms with E-state index in [0.717, 1.165) is 11.1 Å². The molecule has 24 heavy (non-hydrogen) atoms. The molecule has 7 nitrogen and oxygen atoms in total. The summed E-state index contributed by atoms with van der Waals surface area (Å²) in [6.45, 7) is 5.71. The van der Waals surface area contributed by atoms with Crippen LogP contribution in [0.4, 0.5) is 5.69 Å². The minimum absolute atomic E-state index is 0.0252.